The molecule has 2 aliphatic heterocycles. The fourth-order valence-corrected chi connectivity index (χ4v) is 4.83. The molecule has 2 aliphatic rings. The van der Waals surface area contributed by atoms with Crippen LogP contribution in [0.25, 0.3) is 11.3 Å². The molecule has 1 N–H and O–H groups in total. The first-order chi connectivity index (χ1) is 17.9. The van der Waals surface area contributed by atoms with Crippen molar-refractivity contribution < 1.29 is 13.5 Å². The summed E-state index contributed by atoms with van der Waals surface area (Å²) in [6, 6.07) is 7.00. The Hall–Kier alpha value is -3.37. The first-order valence-corrected chi connectivity index (χ1v) is 12.8. The van der Waals surface area contributed by atoms with Crippen LogP contribution >= 0.6 is 0 Å². The molecule has 1 fully saturated rings. The van der Waals surface area contributed by atoms with Crippen LogP contribution in [0.1, 0.15) is 26.3 Å². The average molecular weight is 510 g/mol. The van der Waals surface area contributed by atoms with Crippen molar-refractivity contribution in [1.29, 1.82) is 0 Å². The molecule has 0 saturated carbocycles. The van der Waals surface area contributed by atoms with Gasteiger partial charge in [0.05, 0.1) is 18.4 Å². The minimum Gasteiger partial charge on any atom is -0.486 e. The second-order valence-corrected chi connectivity index (χ2v) is 9.72. The quantitative estimate of drug-likeness (QED) is 0.506. The van der Waals surface area contributed by atoms with Gasteiger partial charge in [-0.3, -0.25) is 4.90 Å². The Balaban J connectivity index is 1.32. The van der Waals surface area contributed by atoms with Crippen molar-refractivity contribution in [2.45, 2.75) is 33.4 Å². The van der Waals surface area contributed by atoms with Crippen molar-refractivity contribution in [3.05, 3.63) is 53.9 Å². The van der Waals surface area contributed by atoms with E-state index in [2.05, 4.69) is 37.0 Å². The van der Waals surface area contributed by atoms with Gasteiger partial charge in [-0.15, -0.1) is 0 Å². The molecular weight excluding hydrogens is 476 g/mol. The highest BCUT2D eigenvalue weighted by atomic mass is 19.1. The van der Waals surface area contributed by atoms with Gasteiger partial charge in [0.25, 0.3) is 0 Å². The van der Waals surface area contributed by atoms with E-state index in [1.807, 2.05) is 37.1 Å². The molecule has 4 heterocycles. The first-order valence-electron chi connectivity index (χ1n) is 12.8. The number of likely N-dealkylation sites (N-methyl/N-ethyl adjacent to an activating group) is 1. The number of anilines is 3. The van der Waals surface area contributed by atoms with Gasteiger partial charge in [0.15, 0.2) is 17.4 Å². The van der Waals surface area contributed by atoms with Gasteiger partial charge in [-0.1, -0.05) is 13.0 Å². The molecule has 8 nitrogen and oxygen atoms in total. The lowest BCUT2D eigenvalue weighted by molar-refractivity contribution is 0.132. The zero-order valence-corrected chi connectivity index (χ0v) is 21.5. The molecule has 5 rings (SSSR count). The van der Waals surface area contributed by atoms with Gasteiger partial charge in [0.2, 0.25) is 5.95 Å². The number of benzene rings is 1. The van der Waals surface area contributed by atoms with Crippen LogP contribution in [0.2, 0.25) is 0 Å². The van der Waals surface area contributed by atoms with Gasteiger partial charge in [-0.05, 0) is 44.2 Å². The maximum atomic E-state index is 14.9. The third kappa shape index (κ3) is 5.65. The molecule has 0 amide bonds. The van der Waals surface area contributed by atoms with E-state index in [0.29, 0.717) is 30.2 Å². The van der Waals surface area contributed by atoms with Gasteiger partial charge in [0, 0.05) is 50.5 Å². The van der Waals surface area contributed by atoms with Crippen molar-refractivity contribution in [3.8, 4) is 17.0 Å². The molecular formula is C27H33F2N7O. The molecule has 0 aliphatic carbocycles. The van der Waals surface area contributed by atoms with E-state index in [1.54, 1.807) is 6.07 Å². The first kappa shape index (κ1) is 25.3. The molecule has 196 valence electrons. The molecule has 3 aromatic rings. The zero-order chi connectivity index (χ0) is 25.9. The zero-order valence-electron chi connectivity index (χ0n) is 21.5. The number of nitrogens with zero attached hydrogens (tertiary/aromatic N) is 6. The largest absolute Gasteiger partial charge is 0.486 e. The Morgan fingerprint density at radius 2 is 1.76 bits per heavy atom. The molecule has 2 aromatic heterocycles. The minimum atomic E-state index is -0.635. The van der Waals surface area contributed by atoms with Gasteiger partial charge < -0.3 is 19.9 Å². The highest BCUT2D eigenvalue weighted by Crippen LogP contribution is 2.39. The van der Waals surface area contributed by atoms with Crippen LogP contribution < -0.4 is 15.0 Å². The summed E-state index contributed by atoms with van der Waals surface area (Å²) in [6.07, 6.45) is 2.92. The summed E-state index contributed by atoms with van der Waals surface area (Å²) in [4.78, 5) is 19.8. The van der Waals surface area contributed by atoms with Crippen molar-refractivity contribution in [3.63, 3.8) is 0 Å². The number of fused-ring (bicyclic) bond motifs is 1. The topological polar surface area (TPSA) is 69.7 Å². The Kier molecular flexibility index (Phi) is 7.48. The Morgan fingerprint density at radius 3 is 2.46 bits per heavy atom. The highest BCUT2D eigenvalue weighted by Gasteiger charge is 2.26. The number of piperazine rings is 1. The van der Waals surface area contributed by atoms with Gasteiger partial charge in [-0.2, -0.15) is 0 Å². The minimum absolute atomic E-state index is 0.0105. The van der Waals surface area contributed by atoms with Crippen LogP contribution in [0.15, 0.2) is 36.7 Å². The molecule has 1 saturated heterocycles. The predicted molar refractivity (Wildman–Crippen MR) is 140 cm³/mol. The van der Waals surface area contributed by atoms with E-state index in [-0.39, 0.29) is 23.4 Å². The van der Waals surface area contributed by atoms with Crippen LogP contribution in [-0.2, 0) is 6.54 Å². The molecule has 0 spiro atoms. The smallest absolute Gasteiger partial charge is 0.229 e. The van der Waals surface area contributed by atoms with Gasteiger partial charge in [-0.25, -0.2) is 23.7 Å². The SMILES string of the molecule is CCN1CCN(Cc2ccc(Nc3ncc(F)c(-c4cc(F)c5c(c4)N(C(C)C)CCO5)n3)nc2)CC1. The third-order valence-corrected chi connectivity index (χ3v) is 6.94. The molecule has 0 radical (unpaired) electrons. The lowest BCUT2D eigenvalue weighted by Crippen LogP contribution is -2.45. The molecule has 10 heteroatoms. The van der Waals surface area contributed by atoms with Crippen LogP contribution in [0.3, 0.4) is 0 Å². The Labute approximate surface area is 216 Å². The number of hydrogen-bond donors (Lipinski definition) is 1. The second kappa shape index (κ2) is 10.9. The lowest BCUT2D eigenvalue weighted by atomic mass is 10.1. The van der Waals surface area contributed by atoms with E-state index in [9.17, 15) is 8.78 Å². The van der Waals surface area contributed by atoms with Crippen LogP contribution in [0.4, 0.5) is 26.2 Å². The monoisotopic (exact) mass is 509 g/mol. The van der Waals surface area contributed by atoms with Crippen LogP contribution in [-0.4, -0.2) is 76.7 Å². The van der Waals surface area contributed by atoms with Crippen molar-refractivity contribution >= 4 is 17.5 Å². The van der Waals surface area contributed by atoms with Crippen LogP contribution in [0, 0.1) is 11.6 Å². The van der Waals surface area contributed by atoms with Crippen molar-refractivity contribution in [2.24, 2.45) is 0 Å². The number of ether oxygens (including phenoxy) is 1. The average Bonchev–Trinajstić information content (AvgIpc) is 2.91. The summed E-state index contributed by atoms with van der Waals surface area (Å²) < 4.78 is 35.3. The van der Waals surface area contributed by atoms with E-state index >= 15 is 0 Å². The number of nitrogens with one attached hydrogen (secondary N) is 1. The number of halogens is 2. The summed E-state index contributed by atoms with van der Waals surface area (Å²) in [6.45, 7) is 13.5. The molecule has 0 unspecified atom stereocenters. The summed E-state index contributed by atoms with van der Waals surface area (Å²) in [7, 11) is 0. The Bertz CT molecular complexity index is 1230. The normalized spacial score (nSPS) is 16.5. The van der Waals surface area contributed by atoms with Gasteiger partial charge >= 0.3 is 0 Å². The molecule has 1 aromatic carbocycles. The van der Waals surface area contributed by atoms with E-state index in [1.165, 1.54) is 6.07 Å². The fraction of sp³-hybridized carbons (Fsp3) is 0.444. The lowest BCUT2D eigenvalue weighted by Gasteiger charge is -2.34. The second-order valence-electron chi connectivity index (χ2n) is 9.72. The molecule has 37 heavy (non-hydrogen) atoms. The number of rotatable bonds is 7. The van der Waals surface area contributed by atoms with E-state index in [4.69, 9.17) is 4.74 Å². The summed E-state index contributed by atoms with van der Waals surface area (Å²) >= 11 is 0. The predicted octanol–water partition coefficient (Wildman–Crippen LogP) is 4.31. The summed E-state index contributed by atoms with van der Waals surface area (Å²) in [5.74, 6) is -0.258. The fourth-order valence-electron chi connectivity index (χ4n) is 4.83. The number of pyridine rings is 1. The van der Waals surface area contributed by atoms with E-state index in [0.717, 1.165) is 51.0 Å². The summed E-state index contributed by atoms with van der Waals surface area (Å²) in [5, 5.41) is 3.04. The maximum Gasteiger partial charge on any atom is 0.229 e. The summed E-state index contributed by atoms with van der Waals surface area (Å²) in [5.41, 5.74) is 2.05. The highest BCUT2D eigenvalue weighted by molar-refractivity contribution is 5.73. The molecule has 0 bridgehead atoms. The van der Waals surface area contributed by atoms with E-state index < -0.39 is 11.6 Å². The number of aromatic nitrogens is 3. The number of hydrogen-bond acceptors (Lipinski definition) is 8. The van der Waals surface area contributed by atoms with Crippen LogP contribution in [0.5, 0.6) is 5.75 Å². The maximum absolute atomic E-state index is 14.9. The van der Waals surface area contributed by atoms with Gasteiger partial charge in [0.1, 0.15) is 18.1 Å². The Morgan fingerprint density at radius 1 is 0.973 bits per heavy atom. The molecule has 0 atom stereocenters. The standard InChI is InChI=1S/C27H33F2N7O/c1-4-34-7-9-35(10-8-34)17-19-5-6-24(30-15-19)32-27-31-16-22(29)25(33-27)20-13-21(28)26-23(14-20)36(18(2)3)11-12-37-26/h5-6,13-16,18H,4,7-12,17H2,1-3H3,(H,30,31,32,33). The van der Waals surface area contributed by atoms with Crippen molar-refractivity contribution in [2.75, 3.05) is 56.1 Å². The third-order valence-electron chi connectivity index (χ3n) is 6.94. The van der Waals surface area contributed by atoms with Crippen molar-refractivity contribution in [1.82, 2.24) is 24.8 Å².